The molecule has 250 valence electrons. The molecule has 12 nitrogen and oxygen atoms in total. The summed E-state index contributed by atoms with van der Waals surface area (Å²) in [6.07, 6.45) is 6.02. The number of aromatic nitrogens is 2. The normalized spacial score (nSPS) is 15.3. The van der Waals surface area contributed by atoms with E-state index in [4.69, 9.17) is 42.4 Å². The molecule has 0 atom stereocenters. The van der Waals surface area contributed by atoms with E-state index in [0.717, 1.165) is 0 Å². The van der Waals surface area contributed by atoms with Gasteiger partial charge in [0.05, 0.1) is 33.6 Å². The van der Waals surface area contributed by atoms with Crippen molar-refractivity contribution in [3.63, 3.8) is 0 Å². The average Bonchev–Trinajstić information content (AvgIpc) is 3.06. The maximum Gasteiger partial charge on any atom is 0.330 e. The van der Waals surface area contributed by atoms with Crippen LogP contribution in [0.15, 0.2) is 42.6 Å². The van der Waals surface area contributed by atoms with Crippen LogP contribution in [0.25, 0.3) is 0 Å². The van der Waals surface area contributed by atoms with E-state index in [2.05, 4.69) is 10.3 Å². The first-order valence-electron chi connectivity index (χ1n) is 14.8. The number of piperidine rings is 1. The molecule has 1 fully saturated rings. The summed E-state index contributed by atoms with van der Waals surface area (Å²) in [5.41, 5.74) is 1.35. The van der Waals surface area contributed by atoms with Gasteiger partial charge < -0.3 is 29.3 Å². The zero-order valence-electron chi connectivity index (χ0n) is 26.7. The van der Waals surface area contributed by atoms with Gasteiger partial charge in [0.25, 0.3) is 0 Å². The lowest BCUT2D eigenvalue weighted by Gasteiger charge is -2.43. The molecule has 0 aliphatic carbocycles. The van der Waals surface area contributed by atoms with Gasteiger partial charge in [-0.15, -0.1) is 0 Å². The van der Waals surface area contributed by atoms with Crippen LogP contribution in [-0.4, -0.2) is 92.8 Å². The lowest BCUT2D eigenvalue weighted by atomic mass is 10.0. The van der Waals surface area contributed by atoms with Crippen molar-refractivity contribution in [2.75, 3.05) is 70.2 Å². The summed E-state index contributed by atoms with van der Waals surface area (Å²) in [6, 6.07) is 5.11. The number of hydrogen-bond acceptors (Lipinski definition) is 9. The molecule has 0 radical (unpaired) electrons. The second-order valence-corrected chi connectivity index (χ2v) is 12.0. The molecule has 3 amide bonds. The van der Waals surface area contributed by atoms with Gasteiger partial charge in [-0.2, -0.15) is 4.98 Å². The number of halogens is 3. The van der Waals surface area contributed by atoms with E-state index >= 15 is 0 Å². The maximum atomic E-state index is 14.5. The van der Waals surface area contributed by atoms with Crippen LogP contribution in [0, 0.1) is 5.82 Å². The van der Waals surface area contributed by atoms with Crippen molar-refractivity contribution in [1.29, 1.82) is 0 Å². The van der Waals surface area contributed by atoms with Gasteiger partial charge in [-0.3, -0.25) is 14.6 Å². The van der Waals surface area contributed by atoms with Crippen LogP contribution in [-0.2, 0) is 11.3 Å². The number of rotatable bonds is 10. The van der Waals surface area contributed by atoms with Crippen molar-refractivity contribution < 1.29 is 28.2 Å². The lowest BCUT2D eigenvalue weighted by molar-refractivity contribution is -0.127. The monoisotopic (exact) mass is 687 g/mol. The van der Waals surface area contributed by atoms with Crippen molar-refractivity contribution in [3.8, 4) is 17.2 Å². The molecule has 3 aromatic rings. The molecule has 0 unspecified atom stereocenters. The van der Waals surface area contributed by atoms with Crippen LogP contribution in [0.1, 0.15) is 18.4 Å². The standard InChI is InChI=1S/C32H36Cl2FN7O5/c1-39(2)12-6-7-26(43)40-13-10-21(11-14-40)42-30-19(17-36-31(38-30)37-20-8-9-22(35)23(15-20)45-3)18-41(32(42)44)29-27(33)24(46-4)16-25(47-5)28(29)34/h6-9,15-17,21H,10-14,18H2,1-5H3,(H,36,37,38). The highest BCUT2D eigenvalue weighted by molar-refractivity contribution is 6.42. The van der Waals surface area contributed by atoms with Crippen LogP contribution in [0.3, 0.4) is 0 Å². The van der Waals surface area contributed by atoms with Gasteiger partial charge >= 0.3 is 6.03 Å². The summed E-state index contributed by atoms with van der Waals surface area (Å²) in [5, 5.41) is 3.36. The Morgan fingerprint density at radius 2 is 1.72 bits per heavy atom. The molecule has 1 saturated heterocycles. The van der Waals surface area contributed by atoms with Crippen molar-refractivity contribution in [2.45, 2.75) is 25.4 Å². The van der Waals surface area contributed by atoms with E-state index in [-0.39, 0.29) is 57.4 Å². The van der Waals surface area contributed by atoms with Gasteiger partial charge in [0.2, 0.25) is 11.9 Å². The zero-order chi connectivity index (χ0) is 33.8. The lowest BCUT2D eigenvalue weighted by Crippen LogP contribution is -2.55. The van der Waals surface area contributed by atoms with Gasteiger partial charge in [0.1, 0.15) is 27.4 Å². The topological polar surface area (TPSA) is 113 Å². The summed E-state index contributed by atoms with van der Waals surface area (Å²) in [4.78, 5) is 43.4. The molecule has 0 spiro atoms. The summed E-state index contributed by atoms with van der Waals surface area (Å²) in [5.74, 6) is 0.631. The molecule has 2 aliphatic heterocycles. The number of anilines is 4. The number of likely N-dealkylation sites (tertiary alicyclic amines) is 1. The molecule has 3 heterocycles. The van der Waals surface area contributed by atoms with Gasteiger partial charge in [0.15, 0.2) is 11.6 Å². The van der Waals surface area contributed by atoms with Crippen LogP contribution in [0.4, 0.5) is 32.3 Å². The van der Waals surface area contributed by atoms with Gasteiger partial charge in [-0.05, 0) is 39.1 Å². The molecular formula is C32H36Cl2FN7O5. The number of carbonyl (C=O) groups excluding carboxylic acids is 2. The second-order valence-electron chi connectivity index (χ2n) is 11.2. The average molecular weight is 689 g/mol. The van der Waals surface area contributed by atoms with Gasteiger partial charge in [-0.25, -0.2) is 14.2 Å². The first kappa shape index (κ1) is 34.0. The first-order valence-corrected chi connectivity index (χ1v) is 15.6. The molecule has 5 rings (SSSR count). The number of hydrogen-bond donors (Lipinski definition) is 1. The van der Waals surface area contributed by atoms with E-state index < -0.39 is 11.8 Å². The number of likely N-dealkylation sites (N-methyl/N-ethyl adjacent to an activating group) is 1. The molecule has 2 aromatic carbocycles. The van der Waals surface area contributed by atoms with Crippen molar-refractivity contribution in [1.82, 2.24) is 19.8 Å². The highest BCUT2D eigenvalue weighted by atomic mass is 35.5. The van der Waals surface area contributed by atoms with E-state index in [1.54, 1.807) is 28.1 Å². The third-order valence-electron chi connectivity index (χ3n) is 7.94. The number of methoxy groups -OCH3 is 3. The van der Waals surface area contributed by atoms with Crippen molar-refractivity contribution in [2.24, 2.45) is 0 Å². The quantitative estimate of drug-likeness (QED) is 0.266. The van der Waals surface area contributed by atoms with E-state index in [9.17, 15) is 14.0 Å². The van der Waals surface area contributed by atoms with E-state index in [1.807, 2.05) is 25.1 Å². The SMILES string of the molecule is COc1cc(Nc2ncc3c(n2)N(C2CCN(C(=O)C=CCN(C)C)CC2)C(=O)N(c2c(Cl)c(OC)cc(OC)c2Cl)C3)ccc1F. The molecule has 15 heteroatoms. The second kappa shape index (κ2) is 14.6. The minimum atomic E-state index is -0.509. The predicted molar refractivity (Wildman–Crippen MR) is 179 cm³/mol. The highest BCUT2D eigenvalue weighted by Gasteiger charge is 2.41. The number of carbonyl (C=O) groups is 2. The molecule has 0 saturated carbocycles. The number of urea groups is 1. The van der Waals surface area contributed by atoms with E-state index in [0.29, 0.717) is 49.5 Å². The number of ether oxygens (including phenoxy) is 3. The molecule has 0 bridgehead atoms. The number of nitrogens with zero attached hydrogens (tertiary/aromatic N) is 6. The Morgan fingerprint density at radius 3 is 2.34 bits per heavy atom. The van der Waals surface area contributed by atoms with Crippen LogP contribution >= 0.6 is 23.2 Å². The minimum Gasteiger partial charge on any atom is -0.495 e. The van der Waals surface area contributed by atoms with Gasteiger partial charge in [-0.1, -0.05) is 29.3 Å². The largest absolute Gasteiger partial charge is 0.495 e. The predicted octanol–water partition coefficient (Wildman–Crippen LogP) is 5.75. The van der Waals surface area contributed by atoms with Crippen LogP contribution < -0.4 is 29.3 Å². The number of nitrogens with one attached hydrogen (secondary N) is 1. The Hall–Kier alpha value is -4.33. The number of fused-ring (bicyclic) bond motifs is 1. The first-order chi connectivity index (χ1) is 22.6. The van der Waals surface area contributed by atoms with Crippen LogP contribution in [0.5, 0.6) is 17.2 Å². The third-order valence-corrected chi connectivity index (χ3v) is 8.67. The summed E-state index contributed by atoms with van der Waals surface area (Å²) in [7, 11) is 8.16. The number of amides is 3. The fraction of sp³-hybridized carbons (Fsp3) is 0.375. The van der Waals surface area contributed by atoms with Crippen LogP contribution in [0.2, 0.25) is 10.0 Å². The Kier molecular flexibility index (Phi) is 10.6. The minimum absolute atomic E-state index is 0.0546. The third kappa shape index (κ3) is 7.16. The Morgan fingerprint density at radius 1 is 1.06 bits per heavy atom. The summed E-state index contributed by atoms with van der Waals surface area (Å²) >= 11 is 13.5. The zero-order valence-corrected chi connectivity index (χ0v) is 28.2. The van der Waals surface area contributed by atoms with Crippen molar-refractivity contribution in [3.05, 3.63) is 64.0 Å². The maximum absolute atomic E-state index is 14.5. The molecule has 1 aromatic heterocycles. The molecule has 1 N–H and O–H groups in total. The molecule has 47 heavy (non-hydrogen) atoms. The van der Waals surface area contributed by atoms with Crippen molar-refractivity contribution >= 4 is 58.3 Å². The smallest absolute Gasteiger partial charge is 0.330 e. The van der Waals surface area contributed by atoms with E-state index in [1.165, 1.54) is 44.4 Å². The Bertz CT molecular complexity index is 1660. The Balaban J connectivity index is 1.51. The highest BCUT2D eigenvalue weighted by Crippen LogP contribution is 2.48. The summed E-state index contributed by atoms with van der Waals surface area (Å²) in [6.45, 7) is 1.58. The van der Waals surface area contributed by atoms with Gasteiger partial charge in [0, 0.05) is 61.3 Å². The Labute approximate surface area is 282 Å². The fourth-order valence-electron chi connectivity index (χ4n) is 5.53. The fourth-order valence-corrected chi connectivity index (χ4v) is 6.24. The molecule has 2 aliphatic rings. The number of benzene rings is 2. The summed E-state index contributed by atoms with van der Waals surface area (Å²) < 4.78 is 30.1. The molecular weight excluding hydrogens is 652 g/mol.